The van der Waals surface area contributed by atoms with Crippen LogP contribution in [0.15, 0.2) is 6.33 Å². The number of rotatable bonds is 4. The van der Waals surface area contributed by atoms with Crippen LogP contribution in [0.5, 0.6) is 5.88 Å². The van der Waals surface area contributed by atoms with Gasteiger partial charge in [-0.2, -0.15) is 0 Å². The topological polar surface area (TPSA) is 56.3 Å². The first-order valence-corrected chi connectivity index (χ1v) is 6.10. The molecule has 0 radical (unpaired) electrons. The summed E-state index contributed by atoms with van der Waals surface area (Å²) in [5.41, 5.74) is 0.973. The van der Waals surface area contributed by atoms with Gasteiger partial charge < -0.3 is 14.8 Å². The molecule has 1 aliphatic rings. The van der Waals surface area contributed by atoms with Gasteiger partial charge in [-0.25, -0.2) is 9.97 Å². The van der Waals surface area contributed by atoms with Gasteiger partial charge in [0, 0.05) is 19.3 Å². The Bertz CT molecular complexity index is 365. The summed E-state index contributed by atoms with van der Waals surface area (Å²) >= 11 is 0. The van der Waals surface area contributed by atoms with Crippen molar-refractivity contribution in [1.29, 1.82) is 0 Å². The summed E-state index contributed by atoms with van der Waals surface area (Å²) in [6.07, 6.45) is 3.58. The van der Waals surface area contributed by atoms with E-state index in [0.717, 1.165) is 37.4 Å². The lowest BCUT2D eigenvalue weighted by Gasteiger charge is -2.24. The number of ether oxygens (including phenoxy) is 2. The summed E-state index contributed by atoms with van der Waals surface area (Å²) in [5.74, 6) is 1.53. The van der Waals surface area contributed by atoms with Crippen molar-refractivity contribution in [1.82, 2.24) is 9.97 Å². The number of nitrogens with one attached hydrogen (secondary N) is 1. The zero-order chi connectivity index (χ0) is 12.1. The maximum atomic E-state index is 5.45. The molecule has 5 heteroatoms. The molecule has 1 N–H and O–H groups in total. The molecule has 1 aromatic rings. The lowest BCUT2D eigenvalue weighted by Crippen LogP contribution is -2.28. The van der Waals surface area contributed by atoms with E-state index in [-0.39, 0.29) is 0 Å². The molecule has 2 rings (SSSR count). The third-order valence-electron chi connectivity index (χ3n) is 2.88. The van der Waals surface area contributed by atoms with Crippen LogP contribution in [-0.2, 0) is 4.74 Å². The molecule has 5 nitrogen and oxygen atoms in total. The van der Waals surface area contributed by atoms with E-state index in [2.05, 4.69) is 15.3 Å². The summed E-state index contributed by atoms with van der Waals surface area (Å²) in [4.78, 5) is 8.40. The minimum absolute atomic E-state index is 0.437. The zero-order valence-electron chi connectivity index (χ0n) is 10.4. The smallest absolute Gasteiger partial charge is 0.221 e. The molecular formula is C12H19N3O2. The molecule has 94 valence electrons. The Kier molecular flexibility index (Phi) is 4.14. The van der Waals surface area contributed by atoms with E-state index in [1.165, 1.54) is 0 Å². The molecule has 1 aromatic heterocycles. The van der Waals surface area contributed by atoms with Crippen molar-refractivity contribution >= 4 is 5.82 Å². The first-order chi connectivity index (χ1) is 8.31. The maximum Gasteiger partial charge on any atom is 0.221 e. The van der Waals surface area contributed by atoms with Crippen LogP contribution < -0.4 is 10.1 Å². The van der Waals surface area contributed by atoms with Crippen molar-refractivity contribution in [3.63, 3.8) is 0 Å². The molecule has 0 atom stereocenters. The van der Waals surface area contributed by atoms with E-state index >= 15 is 0 Å². The van der Waals surface area contributed by atoms with Crippen LogP contribution in [0.1, 0.15) is 25.3 Å². The molecule has 0 unspecified atom stereocenters. The first kappa shape index (κ1) is 12.1. The van der Waals surface area contributed by atoms with Crippen LogP contribution in [0.2, 0.25) is 0 Å². The van der Waals surface area contributed by atoms with E-state index in [1.54, 1.807) is 6.33 Å². The average molecular weight is 237 g/mol. The zero-order valence-corrected chi connectivity index (χ0v) is 10.4. The van der Waals surface area contributed by atoms with Gasteiger partial charge >= 0.3 is 0 Å². The third-order valence-corrected chi connectivity index (χ3v) is 2.88. The molecule has 1 fully saturated rings. The summed E-state index contributed by atoms with van der Waals surface area (Å²) < 4.78 is 10.8. The maximum absolute atomic E-state index is 5.45. The number of anilines is 1. The van der Waals surface area contributed by atoms with Gasteiger partial charge in [-0.1, -0.05) is 0 Å². The molecule has 17 heavy (non-hydrogen) atoms. The first-order valence-electron chi connectivity index (χ1n) is 6.10. The van der Waals surface area contributed by atoms with Crippen molar-refractivity contribution in [2.45, 2.75) is 32.7 Å². The molecule has 0 saturated carbocycles. The van der Waals surface area contributed by atoms with Crippen LogP contribution in [-0.4, -0.2) is 35.8 Å². The number of hydrogen-bond donors (Lipinski definition) is 1. The van der Waals surface area contributed by atoms with Crippen LogP contribution >= 0.6 is 0 Å². The van der Waals surface area contributed by atoms with Crippen LogP contribution in [0.25, 0.3) is 0 Å². The standard InChI is InChI=1S/C12H19N3O2/c1-3-17-12-9(2)11(13-8-14-12)15-10-4-6-16-7-5-10/h8,10H,3-7H2,1-2H3,(H,13,14,15). The Balaban J connectivity index is 2.06. The Morgan fingerprint density at radius 2 is 2.18 bits per heavy atom. The predicted octanol–water partition coefficient (Wildman–Crippen LogP) is 1.77. The van der Waals surface area contributed by atoms with Crippen LogP contribution in [0, 0.1) is 6.92 Å². The minimum atomic E-state index is 0.437. The van der Waals surface area contributed by atoms with E-state index in [0.29, 0.717) is 18.5 Å². The Labute approximate surface area is 102 Å². The molecule has 0 bridgehead atoms. The quantitative estimate of drug-likeness (QED) is 0.865. The average Bonchev–Trinajstić information content (AvgIpc) is 2.36. The highest BCUT2D eigenvalue weighted by molar-refractivity contribution is 5.48. The highest BCUT2D eigenvalue weighted by Gasteiger charge is 2.16. The van der Waals surface area contributed by atoms with Crippen molar-refractivity contribution < 1.29 is 9.47 Å². The van der Waals surface area contributed by atoms with Crippen LogP contribution in [0.3, 0.4) is 0 Å². The number of hydrogen-bond acceptors (Lipinski definition) is 5. The predicted molar refractivity (Wildman–Crippen MR) is 65.4 cm³/mol. The fourth-order valence-electron chi connectivity index (χ4n) is 1.90. The fraction of sp³-hybridized carbons (Fsp3) is 0.667. The molecule has 1 aliphatic heterocycles. The second-order valence-electron chi connectivity index (χ2n) is 4.12. The van der Waals surface area contributed by atoms with Crippen molar-refractivity contribution in [2.24, 2.45) is 0 Å². The molecule has 0 aliphatic carbocycles. The minimum Gasteiger partial charge on any atom is -0.478 e. The molecule has 0 aromatic carbocycles. The molecular weight excluding hydrogens is 218 g/mol. The Hall–Kier alpha value is -1.36. The van der Waals surface area contributed by atoms with Gasteiger partial charge in [0.2, 0.25) is 5.88 Å². The van der Waals surface area contributed by atoms with Gasteiger partial charge in [-0.15, -0.1) is 0 Å². The molecule has 0 amide bonds. The van der Waals surface area contributed by atoms with Gasteiger partial charge in [-0.3, -0.25) is 0 Å². The van der Waals surface area contributed by atoms with Crippen molar-refractivity contribution in [3.05, 3.63) is 11.9 Å². The molecule has 1 saturated heterocycles. The largest absolute Gasteiger partial charge is 0.478 e. The normalized spacial score (nSPS) is 16.8. The second kappa shape index (κ2) is 5.82. The van der Waals surface area contributed by atoms with E-state index in [1.807, 2.05) is 13.8 Å². The van der Waals surface area contributed by atoms with Gasteiger partial charge in [0.05, 0.1) is 12.2 Å². The third kappa shape index (κ3) is 3.06. The summed E-state index contributed by atoms with van der Waals surface area (Å²) in [5, 5.41) is 3.44. The molecule has 0 spiro atoms. The van der Waals surface area contributed by atoms with E-state index < -0.39 is 0 Å². The second-order valence-corrected chi connectivity index (χ2v) is 4.12. The SMILES string of the molecule is CCOc1ncnc(NC2CCOCC2)c1C. The van der Waals surface area contributed by atoms with E-state index in [9.17, 15) is 0 Å². The van der Waals surface area contributed by atoms with Gasteiger partial charge in [-0.05, 0) is 26.7 Å². The highest BCUT2D eigenvalue weighted by atomic mass is 16.5. The lowest BCUT2D eigenvalue weighted by molar-refractivity contribution is 0.0903. The number of nitrogens with zero attached hydrogens (tertiary/aromatic N) is 2. The van der Waals surface area contributed by atoms with Crippen molar-refractivity contribution in [3.8, 4) is 5.88 Å². The number of aromatic nitrogens is 2. The van der Waals surface area contributed by atoms with Gasteiger partial charge in [0.1, 0.15) is 12.1 Å². The Morgan fingerprint density at radius 3 is 2.88 bits per heavy atom. The van der Waals surface area contributed by atoms with Crippen molar-refractivity contribution in [2.75, 3.05) is 25.1 Å². The highest BCUT2D eigenvalue weighted by Crippen LogP contribution is 2.22. The summed E-state index contributed by atoms with van der Waals surface area (Å²) in [6.45, 7) is 6.19. The Morgan fingerprint density at radius 1 is 1.41 bits per heavy atom. The summed E-state index contributed by atoms with van der Waals surface area (Å²) in [7, 11) is 0. The van der Waals surface area contributed by atoms with Gasteiger partial charge in [0.15, 0.2) is 0 Å². The summed E-state index contributed by atoms with van der Waals surface area (Å²) in [6, 6.07) is 0.437. The fourth-order valence-corrected chi connectivity index (χ4v) is 1.90. The van der Waals surface area contributed by atoms with Crippen LogP contribution in [0.4, 0.5) is 5.82 Å². The monoisotopic (exact) mass is 237 g/mol. The van der Waals surface area contributed by atoms with E-state index in [4.69, 9.17) is 9.47 Å². The molecule has 2 heterocycles. The lowest BCUT2D eigenvalue weighted by atomic mass is 10.1. The van der Waals surface area contributed by atoms with Gasteiger partial charge in [0.25, 0.3) is 0 Å².